The summed E-state index contributed by atoms with van der Waals surface area (Å²) in [5, 5.41) is 11.9. The van der Waals surface area contributed by atoms with E-state index < -0.39 is 23.8 Å². The number of rotatable bonds is 9. The van der Waals surface area contributed by atoms with Crippen molar-refractivity contribution in [3.63, 3.8) is 0 Å². The fourth-order valence-corrected chi connectivity index (χ4v) is 2.24. The molecule has 1 aromatic rings. The zero-order valence-electron chi connectivity index (χ0n) is 12.6. The first kappa shape index (κ1) is 18.5. The van der Waals surface area contributed by atoms with Gasteiger partial charge in [-0.1, -0.05) is 31.5 Å². The average Bonchev–Trinajstić information content (AvgIpc) is 2.45. The van der Waals surface area contributed by atoms with Gasteiger partial charge in [-0.25, -0.2) is 0 Å². The first-order valence-corrected chi connectivity index (χ1v) is 7.47. The fraction of sp³-hybridized carbons (Fsp3) is 0.562. The first-order valence-electron chi connectivity index (χ1n) is 7.47. The molecule has 1 atom stereocenters. The molecule has 0 heterocycles. The number of carbonyl (C=O) groups is 1. The Morgan fingerprint density at radius 2 is 2.05 bits per heavy atom. The topological polar surface area (TPSA) is 49.3 Å². The normalized spacial score (nSPS) is 13.1. The van der Waals surface area contributed by atoms with Crippen molar-refractivity contribution in [2.75, 3.05) is 6.54 Å². The van der Waals surface area contributed by atoms with Crippen LogP contribution in [0.3, 0.4) is 0 Å². The van der Waals surface area contributed by atoms with Gasteiger partial charge in [0.05, 0.1) is 5.56 Å². The summed E-state index contributed by atoms with van der Waals surface area (Å²) in [6, 6.07) is 4.79. The van der Waals surface area contributed by atoms with Crippen molar-refractivity contribution in [2.45, 2.75) is 51.2 Å². The number of hydrogen-bond acceptors (Lipinski definition) is 2. The van der Waals surface area contributed by atoms with Crippen LogP contribution >= 0.6 is 0 Å². The second-order valence-corrected chi connectivity index (χ2v) is 5.29. The third-order valence-corrected chi connectivity index (χ3v) is 3.41. The Labute approximate surface area is 128 Å². The zero-order valence-corrected chi connectivity index (χ0v) is 12.6. The van der Waals surface area contributed by atoms with Crippen LogP contribution in [0.1, 0.15) is 43.7 Å². The number of carboxylic acids is 1. The molecule has 0 aromatic heterocycles. The van der Waals surface area contributed by atoms with Gasteiger partial charge in [-0.3, -0.25) is 4.79 Å². The number of unbranched alkanes of at least 4 members (excludes halogenated alkanes) is 1. The predicted octanol–water partition coefficient (Wildman–Crippen LogP) is 3.87. The van der Waals surface area contributed by atoms with E-state index in [0.29, 0.717) is 31.4 Å². The highest BCUT2D eigenvalue weighted by molar-refractivity contribution is 5.73. The summed E-state index contributed by atoms with van der Waals surface area (Å²) in [5.74, 6) is -0.861. The number of aryl methyl sites for hydroxylation is 1. The van der Waals surface area contributed by atoms with Gasteiger partial charge in [0.25, 0.3) is 0 Å². The molecule has 124 valence electrons. The van der Waals surface area contributed by atoms with E-state index >= 15 is 0 Å². The summed E-state index contributed by atoms with van der Waals surface area (Å²) in [4.78, 5) is 10.9. The first-order chi connectivity index (χ1) is 10.3. The molecular formula is C16H22F3NO2. The molecule has 1 rings (SSSR count). The SMILES string of the molecule is CCCC(NCCCCc1cccc(C(F)(F)F)c1)C(=O)O. The zero-order chi connectivity index (χ0) is 16.6. The molecule has 1 aromatic carbocycles. The molecule has 0 aliphatic heterocycles. The molecule has 0 amide bonds. The van der Waals surface area contributed by atoms with E-state index in [-0.39, 0.29) is 0 Å². The van der Waals surface area contributed by atoms with Crippen LogP contribution in [-0.2, 0) is 17.4 Å². The van der Waals surface area contributed by atoms with E-state index in [1.807, 2.05) is 6.92 Å². The van der Waals surface area contributed by atoms with Crippen molar-refractivity contribution in [2.24, 2.45) is 0 Å². The van der Waals surface area contributed by atoms with Gasteiger partial charge >= 0.3 is 12.1 Å². The fourth-order valence-electron chi connectivity index (χ4n) is 2.24. The van der Waals surface area contributed by atoms with Crippen LogP contribution in [0.2, 0.25) is 0 Å². The van der Waals surface area contributed by atoms with Crippen LogP contribution in [0.5, 0.6) is 0 Å². The van der Waals surface area contributed by atoms with E-state index in [2.05, 4.69) is 5.32 Å². The smallest absolute Gasteiger partial charge is 0.416 e. The number of halogens is 3. The molecule has 0 spiro atoms. The van der Waals surface area contributed by atoms with Crippen molar-refractivity contribution in [3.05, 3.63) is 35.4 Å². The van der Waals surface area contributed by atoms with Gasteiger partial charge in [0, 0.05) is 0 Å². The van der Waals surface area contributed by atoms with E-state index in [4.69, 9.17) is 5.11 Å². The van der Waals surface area contributed by atoms with Crippen LogP contribution in [0.4, 0.5) is 13.2 Å². The van der Waals surface area contributed by atoms with Gasteiger partial charge in [-0.05, 0) is 43.9 Å². The number of alkyl halides is 3. The Kier molecular flexibility index (Phi) is 7.38. The van der Waals surface area contributed by atoms with E-state index in [1.54, 1.807) is 6.07 Å². The third kappa shape index (κ3) is 6.47. The highest BCUT2D eigenvalue weighted by atomic mass is 19.4. The van der Waals surface area contributed by atoms with Crippen molar-refractivity contribution < 1.29 is 23.1 Å². The molecule has 0 saturated carbocycles. The molecule has 6 heteroatoms. The Morgan fingerprint density at radius 1 is 1.32 bits per heavy atom. The molecular weight excluding hydrogens is 295 g/mol. The summed E-state index contributed by atoms with van der Waals surface area (Å²) in [6.07, 6.45) is -0.961. The minimum absolute atomic E-state index is 0.543. The number of benzene rings is 1. The molecule has 0 fully saturated rings. The summed E-state index contributed by atoms with van der Waals surface area (Å²) in [7, 11) is 0. The summed E-state index contributed by atoms with van der Waals surface area (Å²) in [5.41, 5.74) is 0.0233. The van der Waals surface area contributed by atoms with Crippen molar-refractivity contribution >= 4 is 5.97 Å². The highest BCUT2D eigenvalue weighted by Crippen LogP contribution is 2.29. The maximum Gasteiger partial charge on any atom is 0.416 e. The Morgan fingerprint density at radius 3 is 2.64 bits per heavy atom. The molecule has 0 bridgehead atoms. The maximum absolute atomic E-state index is 12.6. The molecule has 0 aliphatic rings. The summed E-state index contributed by atoms with van der Waals surface area (Å²) < 4.78 is 37.7. The van der Waals surface area contributed by atoms with Crippen molar-refractivity contribution in [1.29, 1.82) is 0 Å². The largest absolute Gasteiger partial charge is 0.480 e. The lowest BCUT2D eigenvalue weighted by atomic mass is 10.0. The quantitative estimate of drug-likeness (QED) is 0.680. The molecule has 22 heavy (non-hydrogen) atoms. The molecule has 1 unspecified atom stereocenters. The number of nitrogens with one attached hydrogen (secondary N) is 1. The lowest BCUT2D eigenvalue weighted by Gasteiger charge is -2.13. The second-order valence-electron chi connectivity index (χ2n) is 5.29. The van der Waals surface area contributed by atoms with Gasteiger partial charge in [0.1, 0.15) is 6.04 Å². The Balaban J connectivity index is 2.34. The molecule has 0 saturated heterocycles. The van der Waals surface area contributed by atoms with E-state index in [1.165, 1.54) is 12.1 Å². The van der Waals surface area contributed by atoms with Crippen molar-refractivity contribution in [3.8, 4) is 0 Å². The minimum atomic E-state index is -4.31. The van der Waals surface area contributed by atoms with Gasteiger partial charge in [0.2, 0.25) is 0 Å². The van der Waals surface area contributed by atoms with Crippen LogP contribution in [-0.4, -0.2) is 23.7 Å². The van der Waals surface area contributed by atoms with Gasteiger partial charge in [-0.2, -0.15) is 13.2 Å². The number of hydrogen-bond donors (Lipinski definition) is 2. The number of aliphatic carboxylic acids is 1. The standard InChI is InChI=1S/C16H22F3NO2/c1-2-6-14(15(21)22)20-10-4-3-7-12-8-5-9-13(11-12)16(17,18)19/h5,8-9,11,14,20H,2-4,6-7,10H2,1H3,(H,21,22). The molecule has 0 aliphatic carbocycles. The lowest BCUT2D eigenvalue weighted by Crippen LogP contribution is -2.37. The minimum Gasteiger partial charge on any atom is -0.480 e. The third-order valence-electron chi connectivity index (χ3n) is 3.41. The van der Waals surface area contributed by atoms with Gasteiger partial charge < -0.3 is 10.4 Å². The van der Waals surface area contributed by atoms with Crippen molar-refractivity contribution in [1.82, 2.24) is 5.32 Å². The highest BCUT2D eigenvalue weighted by Gasteiger charge is 2.30. The molecule has 2 N–H and O–H groups in total. The predicted molar refractivity (Wildman–Crippen MR) is 78.7 cm³/mol. The van der Waals surface area contributed by atoms with Gasteiger partial charge in [-0.15, -0.1) is 0 Å². The van der Waals surface area contributed by atoms with Crippen LogP contribution in [0, 0.1) is 0 Å². The molecule has 0 radical (unpaired) electrons. The van der Waals surface area contributed by atoms with E-state index in [0.717, 1.165) is 18.9 Å². The maximum atomic E-state index is 12.6. The van der Waals surface area contributed by atoms with Crippen LogP contribution < -0.4 is 5.32 Å². The second kappa shape index (κ2) is 8.78. The molecule has 3 nitrogen and oxygen atoms in total. The van der Waals surface area contributed by atoms with Crippen LogP contribution in [0.15, 0.2) is 24.3 Å². The Hall–Kier alpha value is -1.56. The lowest BCUT2D eigenvalue weighted by molar-refractivity contribution is -0.140. The van der Waals surface area contributed by atoms with Crippen LogP contribution in [0.25, 0.3) is 0 Å². The monoisotopic (exact) mass is 317 g/mol. The van der Waals surface area contributed by atoms with E-state index in [9.17, 15) is 18.0 Å². The van der Waals surface area contributed by atoms with Gasteiger partial charge in [0.15, 0.2) is 0 Å². The Bertz CT molecular complexity index is 475. The average molecular weight is 317 g/mol. The summed E-state index contributed by atoms with van der Waals surface area (Å²) in [6.45, 7) is 2.47. The summed E-state index contributed by atoms with van der Waals surface area (Å²) >= 11 is 0. The number of carboxylic acid groups (broad SMARTS) is 1.